The van der Waals surface area contributed by atoms with Crippen LogP contribution >= 0.6 is 15.9 Å². The van der Waals surface area contributed by atoms with Crippen molar-refractivity contribution in [3.63, 3.8) is 0 Å². The summed E-state index contributed by atoms with van der Waals surface area (Å²) in [6, 6.07) is 9.53. The first-order valence-electron chi connectivity index (χ1n) is 5.55. The van der Waals surface area contributed by atoms with Crippen molar-refractivity contribution in [2.45, 2.75) is 6.92 Å². The summed E-state index contributed by atoms with van der Waals surface area (Å²) in [6.45, 7) is 1.90. The first-order chi connectivity index (χ1) is 8.97. The summed E-state index contributed by atoms with van der Waals surface area (Å²) in [5.41, 5.74) is 6.60. The molecule has 2 aromatic rings. The summed E-state index contributed by atoms with van der Waals surface area (Å²) in [5, 5.41) is 7.46. The van der Waals surface area contributed by atoms with Crippen LogP contribution in [0.25, 0.3) is 0 Å². The molecular weight excluding hydrogens is 311 g/mol. The molecule has 0 saturated heterocycles. The van der Waals surface area contributed by atoms with E-state index in [1.165, 1.54) is 18.2 Å². The van der Waals surface area contributed by atoms with Crippen LogP contribution in [-0.4, -0.2) is 5.84 Å². The fraction of sp³-hybridized carbons (Fsp3) is 0.0714. The number of benzene rings is 2. The predicted molar refractivity (Wildman–Crippen MR) is 76.4 cm³/mol. The maximum Gasteiger partial charge on any atom is 0.138 e. The van der Waals surface area contributed by atoms with Crippen LogP contribution in [0, 0.1) is 18.2 Å². The second kappa shape index (κ2) is 5.40. The third kappa shape index (κ3) is 3.12. The van der Waals surface area contributed by atoms with Gasteiger partial charge in [0.1, 0.15) is 23.2 Å². The van der Waals surface area contributed by atoms with Gasteiger partial charge in [-0.15, -0.1) is 0 Å². The number of amidine groups is 1. The number of halogens is 2. The summed E-state index contributed by atoms with van der Waals surface area (Å²) in [5.74, 6) is 0.296. The molecule has 0 atom stereocenters. The zero-order valence-electron chi connectivity index (χ0n) is 10.2. The zero-order valence-corrected chi connectivity index (χ0v) is 11.8. The number of rotatable bonds is 3. The highest BCUT2D eigenvalue weighted by Gasteiger charge is 2.10. The van der Waals surface area contributed by atoms with Gasteiger partial charge in [-0.05, 0) is 42.8 Å². The van der Waals surface area contributed by atoms with Gasteiger partial charge in [-0.3, -0.25) is 5.41 Å². The molecule has 2 rings (SSSR count). The molecule has 0 saturated carbocycles. The van der Waals surface area contributed by atoms with Crippen LogP contribution in [0.1, 0.15) is 11.1 Å². The molecule has 0 fully saturated rings. The molecule has 0 heterocycles. The van der Waals surface area contributed by atoms with Crippen LogP contribution in [0.5, 0.6) is 11.5 Å². The Labute approximate surface area is 118 Å². The standard InChI is InChI=1S/C14H12BrFN2O/c1-8-2-3-9(15)6-13(8)19-12-5-4-10(16)7-11(12)14(17)18/h2-7H,1H3,(H3,17,18). The molecule has 19 heavy (non-hydrogen) atoms. The average molecular weight is 323 g/mol. The molecule has 0 spiro atoms. The van der Waals surface area contributed by atoms with Gasteiger partial charge in [0, 0.05) is 4.47 Å². The number of nitrogens with two attached hydrogens (primary N) is 1. The van der Waals surface area contributed by atoms with E-state index in [2.05, 4.69) is 15.9 Å². The number of aryl methyl sites for hydroxylation is 1. The minimum Gasteiger partial charge on any atom is -0.456 e. The van der Waals surface area contributed by atoms with Crippen molar-refractivity contribution in [2.24, 2.45) is 5.73 Å². The number of ether oxygens (including phenoxy) is 1. The van der Waals surface area contributed by atoms with Crippen LogP contribution in [0.3, 0.4) is 0 Å². The summed E-state index contributed by atoms with van der Waals surface area (Å²) in [6.07, 6.45) is 0. The Hall–Kier alpha value is -1.88. The van der Waals surface area contributed by atoms with E-state index in [0.717, 1.165) is 10.0 Å². The third-order valence-electron chi connectivity index (χ3n) is 2.60. The van der Waals surface area contributed by atoms with Gasteiger partial charge < -0.3 is 10.5 Å². The molecule has 98 valence electrons. The molecule has 0 aliphatic rings. The normalized spacial score (nSPS) is 10.3. The molecule has 5 heteroatoms. The molecule has 0 aromatic heterocycles. The predicted octanol–water partition coefficient (Wildman–Crippen LogP) is 3.97. The average Bonchev–Trinajstić information content (AvgIpc) is 2.35. The van der Waals surface area contributed by atoms with Crippen LogP contribution in [0.2, 0.25) is 0 Å². The molecule has 2 aromatic carbocycles. The first-order valence-corrected chi connectivity index (χ1v) is 6.34. The highest BCUT2D eigenvalue weighted by atomic mass is 79.9. The summed E-state index contributed by atoms with van der Waals surface area (Å²) >= 11 is 3.36. The summed E-state index contributed by atoms with van der Waals surface area (Å²) < 4.78 is 19.8. The SMILES string of the molecule is Cc1ccc(Br)cc1Oc1ccc(F)cc1C(=N)N. The van der Waals surface area contributed by atoms with Gasteiger partial charge >= 0.3 is 0 Å². The van der Waals surface area contributed by atoms with Crippen molar-refractivity contribution in [3.8, 4) is 11.5 Å². The molecular formula is C14H12BrFN2O. The Morgan fingerprint density at radius 3 is 2.63 bits per heavy atom. The largest absolute Gasteiger partial charge is 0.456 e. The van der Waals surface area contributed by atoms with Gasteiger partial charge in [-0.2, -0.15) is 0 Å². The second-order valence-corrected chi connectivity index (χ2v) is 4.98. The Bertz CT molecular complexity index is 643. The fourth-order valence-corrected chi connectivity index (χ4v) is 1.94. The topological polar surface area (TPSA) is 59.1 Å². The molecule has 0 aliphatic heterocycles. The number of hydrogen-bond acceptors (Lipinski definition) is 2. The van der Waals surface area contributed by atoms with Gasteiger partial charge in [0.2, 0.25) is 0 Å². The van der Waals surface area contributed by atoms with Crippen molar-refractivity contribution in [1.82, 2.24) is 0 Å². The lowest BCUT2D eigenvalue weighted by Gasteiger charge is -2.12. The van der Waals surface area contributed by atoms with Crippen molar-refractivity contribution in [3.05, 3.63) is 57.8 Å². The highest BCUT2D eigenvalue weighted by molar-refractivity contribution is 9.10. The van der Waals surface area contributed by atoms with Gasteiger partial charge in [0.25, 0.3) is 0 Å². The number of nitrogens with one attached hydrogen (secondary N) is 1. The second-order valence-electron chi connectivity index (χ2n) is 4.07. The molecule has 0 aliphatic carbocycles. The van der Waals surface area contributed by atoms with Crippen LogP contribution in [0.15, 0.2) is 40.9 Å². The quantitative estimate of drug-likeness (QED) is 0.663. The van der Waals surface area contributed by atoms with E-state index >= 15 is 0 Å². The Kier molecular flexibility index (Phi) is 3.85. The molecule has 0 bridgehead atoms. The monoisotopic (exact) mass is 322 g/mol. The van der Waals surface area contributed by atoms with E-state index in [1.54, 1.807) is 0 Å². The summed E-state index contributed by atoms with van der Waals surface area (Å²) in [4.78, 5) is 0. The van der Waals surface area contributed by atoms with Crippen molar-refractivity contribution < 1.29 is 9.13 Å². The molecule has 3 N–H and O–H groups in total. The van der Waals surface area contributed by atoms with Crippen LogP contribution < -0.4 is 10.5 Å². The Balaban J connectivity index is 2.43. The minimum atomic E-state index is -0.455. The number of nitrogen functional groups attached to an aromatic ring is 1. The van der Waals surface area contributed by atoms with E-state index in [1.807, 2.05) is 25.1 Å². The number of hydrogen-bond donors (Lipinski definition) is 2. The summed E-state index contributed by atoms with van der Waals surface area (Å²) in [7, 11) is 0. The van der Waals surface area contributed by atoms with Crippen molar-refractivity contribution >= 4 is 21.8 Å². The van der Waals surface area contributed by atoms with E-state index in [9.17, 15) is 4.39 Å². The van der Waals surface area contributed by atoms with Crippen molar-refractivity contribution in [2.75, 3.05) is 0 Å². The van der Waals surface area contributed by atoms with E-state index in [-0.39, 0.29) is 11.4 Å². The lowest BCUT2D eigenvalue weighted by Crippen LogP contribution is -2.12. The third-order valence-corrected chi connectivity index (χ3v) is 3.10. The van der Waals surface area contributed by atoms with Crippen molar-refractivity contribution in [1.29, 1.82) is 5.41 Å². The van der Waals surface area contributed by atoms with Gasteiger partial charge in [0.05, 0.1) is 5.56 Å². The Morgan fingerprint density at radius 2 is 1.95 bits per heavy atom. The van der Waals surface area contributed by atoms with E-state index in [4.69, 9.17) is 15.9 Å². The highest BCUT2D eigenvalue weighted by Crippen LogP contribution is 2.30. The fourth-order valence-electron chi connectivity index (χ4n) is 1.60. The van der Waals surface area contributed by atoms with Gasteiger partial charge in [-0.25, -0.2) is 4.39 Å². The smallest absolute Gasteiger partial charge is 0.138 e. The maximum atomic E-state index is 13.2. The maximum absolute atomic E-state index is 13.2. The van der Waals surface area contributed by atoms with Gasteiger partial charge in [0.15, 0.2) is 0 Å². The molecule has 0 radical (unpaired) electrons. The van der Waals surface area contributed by atoms with Gasteiger partial charge in [-0.1, -0.05) is 22.0 Å². The Morgan fingerprint density at radius 1 is 1.21 bits per heavy atom. The molecule has 3 nitrogen and oxygen atoms in total. The zero-order chi connectivity index (χ0) is 14.0. The molecule has 0 amide bonds. The first kappa shape index (κ1) is 13.5. The van der Waals surface area contributed by atoms with Crippen LogP contribution in [-0.2, 0) is 0 Å². The van der Waals surface area contributed by atoms with E-state index < -0.39 is 5.82 Å². The molecule has 0 unspecified atom stereocenters. The van der Waals surface area contributed by atoms with E-state index in [0.29, 0.717) is 11.5 Å². The van der Waals surface area contributed by atoms with Crippen LogP contribution in [0.4, 0.5) is 4.39 Å². The lowest BCUT2D eigenvalue weighted by molar-refractivity contribution is 0.475. The lowest BCUT2D eigenvalue weighted by atomic mass is 10.1. The minimum absolute atomic E-state index is 0.234.